The molecule has 1 aliphatic carbocycles. The van der Waals surface area contributed by atoms with Gasteiger partial charge in [-0.3, -0.25) is 4.79 Å². The van der Waals surface area contributed by atoms with Crippen LogP contribution in [0.2, 0.25) is 0 Å². The van der Waals surface area contributed by atoms with Crippen molar-refractivity contribution in [1.29, 1.82) is 0 Å². The number of carbonyl (C=O) groups excluding carboxylic acids is 1. The van der Waals surface area contributed by atoms with Crippen molar-refractivity contribution in [3.8, 4) is 0 Å². The van der Waals surface area contributed by atoms with Crippen LogP contribution in [0.5, 0.6) is 0 Å². The molecule has 1 unspecified atom stereocenters. The summed E-state index contributed by atoms with van der Waals surface area (Å²) in [5, 5.41) is 3.41. The first-order valence-electron chi connectivity index (χ1n) is 6.69. The Morgan fingerprint density at radius 2 is 2.12 bits per heavy atom. The van der Waals surface area contributed by atoms with Crippen LogP contribution in [0.25, 0.3) is 0 Å². The lowest BCUT2D eigenvalue weighted by Crippen LogP contribution is -2.63. The SMILES string of the molecule is CCCNC(CN(C)C(C)C)(C(N)=O)C1CC1. The fourth-order valence-corrected chi connectivity index (χ4v) is 2.20. The molecular formula is C13H27N3O. The van der Waals surface area contributed by atoms with Crippen LogP contribution in [0.1, 0.15) is 40.0 Å². The van der Waals surface area contributed by atoms with Gasteiger partial charge in [0.1, 0.15) is 5.54 Å². The second-order valence-corrected chi connectivity index (χ2v) is 5.55. The molecule has 0 radical (unpaired) electrons. The average Bonchev–Trinajstić information content (AvgIpc) is 3.07. The van der Waals surface area contributed by atoms with Gasteiger partial charge in [-0.25, -0.2) is 0 Å². The number of nitrogens with one attached hydrogen (secondary N) is 1. The molecule has 1 atom stereocenters. The summed E-state index contributed by atoms with van der Waals surface area (Å²) in [6.45, 7) is 7.95. The molecule has 0 aromatic carbocycles. The molecule has 0 bridgehead atoms. The minimum absolute atomic E-state index is 0.194. The zero-order valence-electron chi connectivity index (χ0n) is 11.6. The number of amides is 1. The Hall–Kier alpha value is -0.610. The first-order valence-corrected chi connectivity index (χ1v) is 6.69. The predicted molar refractivity (Wildman–Crippen MR) is 70.7 cm³/mol. The Balaban J connectivity index is 2.78. The molecule has 1 amide bonds. The van der Waals surface area contributed by atoms with Gasteiger partial charge in [0.15, 0.2) is 0 Å². The molecule has 3 N–H and O–H groups in total. The Labute approximate surface area is 105 Å². The van der Waals surface area contributed by atoms with Gasteiger partial charge < -0.3 is 16.0 Å². The highest BCUT2D eigenvalue weighted by Gasteiger charge is 2.50. The van der Waals surface area contributed by atoms with Gasteiger partial charge in [-0.2, -0.15) is 0 Å². The van der Waals surface area contributed by atoms with E-state index >= 15 is 0 Å². The van der Waals surface area contributed by atoms with E-state index in [2.05, 4.69) is 38.0 Å². The summed E-state index contributed by atoms with van der Waals surface area (Å²) in [7, 11) is 2.05. The van der Waals surface area contributed by atoms with Crippen LogP contribution in [0, 0.1) is 5.92 Å². The van der Waals surface area contributed by atoms with Gasteiger partial charge in [-0.1, -0.05) is 6.92 Å². The van der Waals surface area contributed by atoms with Crippen molar-refractivity contribution >= 4 is 5.91 Å². The third-order valence-electron chi connectivity index (χ3n) is 3.78. The van der Waals surface area contributed by atoms with Gasteiger partial charge in [0.05, 0.1) is 0 Å². The number of likely N-dealkylation sites (N-methyl/N-ethyl adjacent to an activating group) is 1. The molecule has 17 heavy (non-hydrogen) atoms. The minimum atomic E-state index is -0.519. The Morgan fingerprint density at radius 1 is 1.53 bits per heavy atom. The Morgan fingerprint density at radius 3 is 2.47 bits per heavy atom. The highest BCUT2D eigenvalue weighted by Crippen LogP contribution is 2.40. The number of nitrogens with zero attached hydrogens (tertiary/aromatic N) is 1. The molecule has 100 valence electrons. The number of carbonyl (C=O) groups is 1. The molecule has 1 aliphatic rings. The standard InChI is InChI=1S/C13H27N3O/c1-5-8-15-13(12(14)17,11-6-7-11)9-16(4)10(2)3/h10-11,15H,5-9H2,1-4H3,(H2,14,17). The smallest absolute Gasteiger partial charge is 0.239 e. The number of hydrogen-bond donors (Lipinski definition) is 2. The topological polar surface area (TPSA) is 58.4 Å². The van der Waals surface area contributed by atoms with Crippen molar-refractivity contribution in [3.05, 3.63) is 0 Å². The number of hydrogen-bond acceptors (Lipinski definition) is 3. The van der Waals surface area contributed by atoms with Gasteiger partial charge in [0.2, 0.25) is 5.91 Å². The first-order chi connectivity index (χ1) is 7.94. The first kappa shape index (κ1) is 14.5. The van der Waals surface area contributed by atoms with Gasteiger partial charge in [0.25, 0.3) is 0 Å². The van der Waals surface area contributed by atoms with Crippen molar-refractivity contribution in [2.75, 3.05) is 20.1 Å². The largest absolute Gasteiger partial charge is 0.368 e. The van der Waals surface area contributed by atoms with E-state index in [0.717, 1.165) is 25.8 Å². The Bertz CT molecular complexity index is 263. The van der Waals surface area contributed by atoms with E-state index in [4.69, 9.17) is 5.73 Å². The van der Waals surface area contributed by atoms with Crippen LogP contribution >= 0.6 is 0 Å². The lowest BCUT2D eigenvalue weighted by atomic mass is 9.90. The van der Waals surface area contributed by atoms with Gasteiger partial charge >= 0.3 is 0 Å². The summed E-state index contributed by atoms with van der Waals surface area (Å²) >= 11 is 0. The normalized spacial score (nSPS) is 19.6. The zero-order chi connectivity index (χ0) is 13.1. The van der Waals surface area contributed by atoms with Gasteiger partial charge in [0, 0.05) is 12.6 Å². The monoisotopic (exact) mass is 241 g/mol. The number of primary amides is 1. The molecule has 4 nitrogen and oxygen atoms in total. The summed E-state index contributed by atoms with van der Waals surface area (Å²) in [6.07, 6.45) is 3.25. The lowest BCUT2D eigenvalue weighted by molar-refractivity contribution is -0.126. The van der Waals surface area contributed by atoms with Crippen molar-refractivity contribution in [2.45, 2.75) is 51.6 Å². The fourth-order valence-electron chi connectivity index (χ4n) is 2.20. The molecule has 0 heterocycles. The lowest BCUT2D eigenvalue weighted by Gasteiger charge is -2.37. The van der Waals surface area contributed by atoms with E-state index in [9.17, 15) is 4.79 Å². The quantitative estimate of drug-likeness (QED) is 0.665. The maximum Gasteiger partial charge on any atom is 0.239 e. The van der Waals surface area contributed by atoms with Crippen LogP contribution in [0.4, 0.5) is 0 Å². The maximum atomic E-state index is 11.9. The second kappa shape index (κ2) is 5.83. The third-order valence-corrected chi connectivity index (χ3v) is 3.78. The summed E-state index contributed by atoms with van der Waals surface area (Å²) in [4.78, 5) is 14.1. The molecule has 0 aromatic rings. The van der Waals surface area contributed by atoms with E-state index < -0.39 is 5.54 Å². The van der Waals surface area contributed by atoms with E-state index in [1.54, 1.807) is 0 Å². The van der Waals surface area contributed by atoms with Crippen LogP contribution < -0.4 is 11.1 Å². The number of rotatable bonds is 8. The van der Waals surface area contributed by atoms with E-state index in [1.807, 2.05) is 0 Å². The van der Waals surface area contributed by atoms with E-state index in [1.165, 1.54) is 0 Å². The maximum absolute atomic E-state index is 11.9. The molecule has 0 spiro atoms. The highest BCUT2D eigenvalue weighted by molar-refractivity contribution is 5.86. The summed E-state index contributed by atoms with van der Waals surface area (Å²) < 4.78 is 0. The van der Waals surface area contributed by atoms with Gasteiger partial charge in [-0.05, 0) is 52.6 Å². The van der Waals surface area contributed by atoms with Crippen LogP contribution in [0.3, 0.4) is 0 Å². The molecule has 1 fully saturated rings. The second-order valence-electron chi connectivity index (χ2n) is 5.55. The third kappa shape index (κ3) is 3.42. The summed E-state index contributed by atoms with van der Waals surface area (Å²) in [6, 6.07) is 0.427. The molecule has 1 saturated carbocycles. The minimum Gasteiger partial charge on any atom is -0.368 e. The molecule has 4 heteroatoms. The summed E-state index contributed by atoms with van der Waals surface area (Å²) in [5.41, 5.74) is 5.15. The summed E-state index contributed by atoms with van der Waals surface area (Å²) in [5.74, 6) is 0.230. The molecule has 0 aliphatic heterocycles. The van der Waals surface area contributed by atoms with E-state index in [-0.39, 0.29) is 5.91 Å². The average molecular weight is 241 g/mol. The zero-order valence-corrected chi connectivity index (χ0v) is 11.6. The molecule has 0 aromatic heterocycles. The van der Waals surface area contributed by atoms with Crippen LogP contribution in [-0.4, -0.2) is 42.5 Å². The van der Waals surface area contributed by atoms with Crippen LogP contribution in [0.15, 0.2) is 0 Å². The Kier molecular flexibility index (Phi) is 4.95. The van der Waals surface area contributed by atoms with Gasteiger partial charge in [-0.15, -0.1) is 0 Å². The van der Waals surface area contributed by atoms with Crippen LogP contribution in [-0.2, 0) is 4.79 Å². The van der Waals surface area contributed by atoms with Crippen molar-refractivity contribution < 1.29 is 4.79 Å². The van der Waals surface area contributed by atoms with Crippen molar-refractivity contribution in [1.82, 2.24) is 10.2 Å². The fraction of sp³-hybridized carbons (Fsp3) is 0.923. The predicted octanol–water partition coefficient (Wildman–Crippen LogP) is 0.960. The van der Waals surface area contributed by atoms with E-state index in [0.29, 0.717) is 18.5 Å². The van der Waals surface area contributed by atoms with Crippen molar-refractivity contribution in [3.63, 3.8) is 0 Å². The molecule has 0 saturated heterocycles. The molecule has 1 rings (SSSR count). The molecular weight excluding hydrogens is 214 g/mol. The van der Waals surface area contributed by atoms with Crippen molar-refractivity contribution in [2.24, 2.45) is 11.7 Å². The highest BCUT2D eigenvalue weighted by atomic mass is 16.1. The number of nitrogens with two attached hydrogens (primary N) is 1.